The molecule has 0 bridgehead atoms. The van der Waals surface area contributed by atoms with Gasteiger partial charge in [0.2, 0.25) is 5.91 Å². The molecule has 2 N–H and O–H groups in total. The molecule has 0 fully saturated rings. The van der Waals surface area contributed by atoms with E-state index in [0.717, 1.165) is 5.56 Å². The minimum absolute atomic E-state index is 0.0497. The SMILES string of the molecule is CC1=NS(=O)(=O)NC(C)=C1CC(=O)NCc1ccccc1Cl. The van der Waals surface area contributed by atoms with Gasteiger partial charge in [0.25, 0.3) is 0 Å². The van der Waals surface area contributed by atoms with Crippen LogP contribution in [0.25, 0.3) is 0 Å². The van der Waals surface area contributed by atoms with E-state index in [1.807, 2.05) is 18.2 Å². The maximum Gasteiger partial charge on any atom is 0.342 e. The molecule has 0 saturated carbocycles. The highest BCUT2D eigenvalue weighted by Gasteiger charge is 2.22. The van der Waals surface area contributed by atoms with Gasteiger partial charge in [-0.15, -0.1) is 4.40 Å². The first-order valence-corrected chi connectivity index (χ1v) is 8.40. The Morgan fingerprint density at radius 3 is 2.64 bits per heavy atom. The van der Waals surface area contributed by atoms with E-state index in [1.165, 1.54) is 0 Å². The standard InChI is InChI=1S/C14H16ClN3O3S/c1-9-12(10(2)18-22(20,21)17-9)7-14(19)16-8-11-5-3-4-6-13(11)15/h3-6,17H,7-8H2,1-2H3,(H,16,19). The zero-order chi connectivity index (χ0) is 16.3. The van der Waals surface area contributed by atoms with Crippen LogP contribution in [-0.2, 0) is 21.5 Å². The molecule has 0 saturated heterocycles. The fourth-order valence-corrected chi connectivity index (χ4v) is 3.33. The summed E-state index contributed by atoms with van der Waals surface area (Å²) in [6, 6.07) is 7.24. The topological polar surface area (TPSA) is 87.6 Å². The molecule has 22 heavy (non-hydrogen) atoms. The number of rotatable bonds is 4. The van der Waals surface area contributed by atoms with Crippen molar-refractivity contribution in [2.45, 2.75) is 26.8 Å². The van der Waals surface area contributed by atoms with Gasteiger partial charge in [0, 0.05) is 22.8 Å². The highest BCUT2D eigenvalue weighted by Crippen LogP contribution is 2.17. The molecule has 118 valence electrons. The maximum absolute atomic E-state index is 12.0. The fraction of sp³-hybridized carbons (Fsp3) is 0.286. The minimum Gasteiger partial charge on any atom is -0.352 e. The van der Waals surface area contributed by atoms with E-state index in [1.54, 1.807) is 19.9 Å². The number of nitrogens with one attached hydrogen (secondary N) is 2. The third kappa shape index (κ3) is 4.08. The molecule has 0 aliphatic carbocycles. The number of carbonyl (C=O) groups excluding carboxylic acids is 1. The molecule has 1 aromatic carbocycles. The van der Waals surface area contributed by atoms with Crippen LogP contribution in [0.15, 0.2) is 39.9 Å². The molecule has 1 aliphatic rings. The van der Waals surface area contributed by atoms with E-state index in [-0.39, 0.29) is 12.3 Å². The van der Waals surface area contributed by atoms with Crippen molar-refractivity contribution in [3.8, 4) is 0 Å². The van der Waals surface area contributed by atoms with Crippen LogP contribution in [0.1, 0.15) is 25.8 Å². The van der Waals surface area contributed by atoms with Crippen molar-refractivity contribution in [1.82, 2.24) is 10.0 Å². The Morgan fingerprint density at radius 1 is 1.32 bits per heavy atom. The second-order valence-corrected chi connectivity index (χ2v) is 6.65. The number of halogens is 1. The smallest absolute Gasteiger partial charge is 0.342 e. The largest absolute Gasteiger partial charge is 0.352 e. The Labute approximate surface area is 134 Å². The lowest BCUT2D eigenvalue weighted by atomic mass is 10.1. The van der Waals surface area contributed by atoms with Crippen LogP contribution in [-0.4, -0.2) is 20.0 Å². The van der Waals surface area contributed by atoms with Crippen molar-refractivity contribution < 1.29 is 13.2 Å². The van der Waals surface area contributed by atoms with Gasteiger partial charge in [0.15, 0.2) is 0 Å². The Morgan fingerprint density at radius 2 is 2.00 bits per heavy atom. The molecule has 6 nitrogen and oxygen atoms in total. The van der Waals surface area contributed by atoms with Crippen molar-refractivity contribution >= 4 is 33.4 Å². The van der Waals surface area contributed by atoms with E-state index in [2.05, 4.69) is 14.4 Å². The van der Waals surface area contributed by atoms with Crippen LogP contribution < -0.4 is 10.0 Å². The molecular weight excluding hydrogens is 326 g/mol. The first kappa shape index (κ1) is 16.5. The normalized spacial score (nSPS) is 16.8. The van der Waals surface area contributed by atoms with Gasteiger partial charge < -0.3 is 5.32 Å². The monoisotopic (exact) mass is 341 g/mol. The van der Waals surface area contributed by atoms with Gasteiger partial charge in [-0.2, -0.15) is 8.42 Å². The second-order valence-electron chi connectivity index (χ2n) is 4.90. The van der Waals surface area contributed by atoms with Crippen LogP contribution >= 0.6 is 11.6 Å². The average molecular weight is 342 g/mol. The zero-order valence-corrected chi connectivity index (χ0v) is 13.8. The number of hydrogen-bond acceptors (Lipinski definition) is 3. The molecular formula is C14H16ClN3O3S. The lowest BCUT2D eigenvalue weighted by Crippen LogP contribution is -2.31. The average Bonchev–Trinajstić information content (AvgIpc) is 2.41. The predicted octanol–water partition coefficient (Wildman–Crippen LogP) is 1.93. The van der Waals surface area contributed by atoms with Gasteiger partial charge in [-0.1, -0.05) is 29.8 Å². The number of allylic oxidation sites excluding steroid dienone is 1. The van der Waals surface area contributed by atoms with E-state index >= 15 is 0 Å². The summed E-state index contributed by atoms with van der Waals surface area (Å²) in [5.41, 5.74) is 2.13. The molecule has 1 amide bonds. The molecule has 0 spiro atoms. The summed E-state index contributed by atoms with van der Waals surface area (Å²) in [5, 5.41) is 3.34. The summed E-state index contributed by atoms with van der Waals surface area (Å²) in [6.45, 7) is 3.48. The van der Waals surface area contributed by atoms with Crippen LogP contribution in [0.2, 0.25) is 5.02 Å². The molecule has 0 radical (unpaired) electrons. The number of nitrogens with zero attached hydrogens (tertiary/aromatic N) is 1. The Bertz CT molecular complexity index is 769. The van der Waals surface area contributed by atoms with Crippen LogP contribution in [0.3, 0.4) is 0 Å². The van der Waals surface area contributed by atoms with E-state index in [9.17, 15) is 13.2 Å². The zero-order valence-electron chi connectivity index (χ0n) is 12.2. The maximum atomic E-state index is 12.0. The van der Waals surface area contributed by atoms with Crippen molar-refractivity contribution in [3.63, 3.8) is 0 Å². The number of hydrogen-bond donors (Lipinski definition) is 2. The summed E-state index contributed by atoms with van der Waals surface area (Å²) < 4.78 is 28.6. The number of amides is 1. The molecule has 1 aliphatic heterocycles. The summed E-state index contributed by atoms with van der Waals surface area (Å²) >= 11 is 6.02. The molecule has 1 heterocycles. The quantitative estimate of drug-likeness (QED) is 0.877. The molecule has 0 aromatic heterocycles. The number of carbonyl (C=O) groups is 1. The van der Waals surface area contributed by atoms with E-state index in [4.69, 9.17) is 11.6 Å². The molecule has 0 atom stereocenters. The van der Waals surface area contributed by atoms with Gasteiger partial charge in [-0.25, -0.2) is 0 Å². The van der Waals surface area contributed by atoms with Gasteiger partial charge >= 0.3 is 10.2 Å². The van der Waals surface area contributed by atoms with Gasteiger partial charge in [0.05, 0.1) is 12.1 Å². The number of benzene rings is 1. The van der Waals surface area contributed by atoms with Crippen molar-refractivity contribution in [3.05, 3.63) is 46.1 Å². The third-order valence-corrected chi connectivity index (χ3v) is 4.65. The fourth-order valence-electron chi connectivity index (χ4n) is 2.10. The van der Waals surface area contributed by atoms with E-state index < -0.39 is 10.2 Å². The summed E-state index contributed by atoms with van der Waals surface area (Å²) in [6.07, 6.45) is 0.0497. The molecule has 1 aromatic rings. The Balaban J connectivity index is 2.01. The molecule has 2 rings (SSSR count). The highest BCUT2D eigenvalue weighted by atomic mass is 35.5. The van der Waals surface area contributed by atoms with Gasteiger partial charge in [-0.3, -0.25) is 9.52 Å². The van der Waals surface area contributed by atoms with Crippen LogP contribution in [0.4, 0.5) is 0 Å². The summed E-state index contributed by atoms with van der Waals surface area (Å²) in [5.74, 6) is -0.232. The first-order valence-electron chi connectivity index (χ1n) is 6.58. The first-order chi connectivity index (χ1) is 10.3. The third-order valence-electron chi connectivity index (χ3n) is 3.20. The van der Waals surface area contributed by atoms with Crippen molar-refractivity contribution in [2.75, 3.05) is 0 Å². The van der Waals surface area contributed by atoms with Crippen molar-refractivity contribution in [1.29, 1.82) is 0 Å². The Kier molecular flexibility index (Phi) is 4.87. The molecule has 8 heteroatoms. The van der Waals surface area contributed by atoms with Gasteiger partial charge in [-0.05, 0) is 25.5 Å². The second kappa shape index (κ2) is 6.50. The summed E-state index contributed by atoms with van der Waals surface area (Å²) in [4.78, 5) is 12.0. The Hall–Kier alpha value is -1.86. The van der Waals surface area contributed by atoms with Crippen LogP contribution in [0, 0.1) is 0 Å². The van der Waals surface area contributed by atoms with Gasteiger partial charge in [0.1, 0.15) is 0 Å². The lowest BCUT2D eigenvalue weighted by Gasteiger charge is -2.17. The highest BCUT2D eigenvalue weighted by molar-refractivity contribution is 7.88. The van der Waals surface area contributed by atoms with Crippen molar-refractivity contribution in [2.24, 2.45) is 4.40 Å². The lowest BCUT2D eigenvalue weighted by molar-refractivity contribution is -0.120. The van der Waals surface area contributed by atoms with E-state index in [0.29, 0.717) is 28.5 Å². The summed E-state index contributed by atoms with van der Waals surface area (Å²) in [7, 11) is -3.68. The van der Waals surface area contributed by atoms with Crippen LogP contribution in [0.5, 0.6) is 0 Å². The predicted molar refractivity (Wildman–Crippen MR) is 85.8 cm³/mol. The minimum atomic E-state index is -3.68. The molecule has 0 unspecified atom stereocenters.